The Hall–Kier alpha value is -2.58. The van der Waals surface area contributed by atoms with Crippen LogP contribution in [-0.2, 0) is 6.42 Å². The second-order valence-corrected chi connectivity index (χ2v) is 8.06. The van der Waals surface area contributed by atoms with E-state index < -0.39 is 0 Å². The molecule has 4 rings (SSSR count). The van der Waals surface area contributed by atoms with Gasteiger partial charge in [-0.05, 0) is 38.5 Å². The molecule has 1 aliphatic rings. The largest absolute Gasteiger partial charge is 0.493 e. The highest BCUT2D eigenvalue weighted by Gasteiger charge is 2.24. The summed E-state index contributed by atoms with van der Waals surface area (Å²) >= 11 is 1.60. The number of hydrogen-bond acceptors (Lipinski definition) is 7. The Morgan fingerprint density at radius 1 is 1.39 bits per heavy atom. The Morgan fingerprint density at radius 3 is 3.04 bits per heavy atom. The fourth-order valence-electron chi connectivity index (χ4n) is 3.26. The zero-order valence-electron chi connectivity index (χ0n) is 15.9. The summed E-state index contributed by atoms with van der Waals surface area (Å²) in [5.74, 6) is 1.50. The van der Waals surface area contributed by atoms with E-state index in [1.54, 1.807) is 23.7 Å². The summed E-state index contributed by atoms with van der Waals surface area (Å²) in [6.45, 7) is 4.69. The number of Topliss-reactive ketones (excluding diaryl/α,β-unsaturated/α-hetero) is 1. The molecule has 28 heavy (non-hydrogen) atoms. The van der Waals surface area contributed by atoms with Crippen molar-refractivity contribution in [2.45, 2.75) is 39.2 Å². The smallest absolute Gasteiger partial charge is 0.187 e. The molecular formula is C20H22N4O3S. The minimum Gasteiger partial charge on any atom is -0.493 e. The standard InChI is InChI=1S/C20H22N4O3S/c1-12(2)24-19(21-11-22-24)20-23-18-14-10-13(15(26)4-3-8-25)5-6-16(14)27-9-7-17(18)28-20/h5-6,10-12,25H,3-4,7-9H2,1-2H3. The molecule has 1 aromatic carbocycles. The number of ether oxygens (including phenoxy) is 1. The predicted octanol–water partition coefficient (Wildman–Crippen LogP) is 3.54. The highest BCUT2D eigenvalue weighted by molar-refractivity contribution is 7.15. The van der Waals surface area contributed by atoms with Gasteiger partial charge in [0.15, 0.2) is 16.6 Å². The van der Waals surface area contributed by atoms with Crippen molar-refractivity contribution in [3.63, 3.8) is 0 Å². The maximum Gasteiger partial charge on any atom is 0.187 e. The molecule has 2 aromatic heterocycles. The monoisotopic (exact) mass is 398 g/mol. The number of aliphatic hydroxyl groups excluding tert-OH is 1. The average molecular weight is 398 g/mol. The quantitative estimate of drug-likeness (QED) is 0.639. The third-order valence-corrected chi connectivity index (χ3v) is 5.77. The number of aliphatic hydroxyl groups is 1. The Bertz CT molecular complexity index is 1010. The van der Waals surface area contributed by atoms with Gasteiger partial charge in [0.25, 0.3) is 0 Å². The van der Waals surface area contributed by atoms with Crippen LogP contribution in [0.25, 0.3) is 22.1 Å². The van der Waals surface area contributed by atoms with Crippen molar-refractivity contribution in [1.82, 2.24) is 19.7 Å². The summed E-state index contributed by atoms with van der Waals surface area (Å²) in [4.78, 5) is 22.8. The van der Waals surface area contributed by atoms with E-state index in [0.29, 0.717) is 25.0 Å². The molecule has 8 heteroatoms. The normalized spacial score (nSPS) is 13.0. The molecular weight excluding hydrogens is 376 g/mol. The van der Waals surface area contributed by atoms with Crippen LogP contribution in [0.15, 0.2) is 24.5 Å². The molecule has 0 saturated heterocycles. The summed E-state index contributed by atoms with van der Waals surface area (Å²) < 4.78 is 7.75. The van der Waals surface area contributed by atoms with E-state index in [-0.39, 0.29) is 18.4 Å². The molecule has 0 radical (unpaired) electrons. The van der Waals surface area contributed by atoms with Crippen LogP contribution in [0.5, 0.6) is 5.75 Å². The molecule has 1 aliphatic heterocycles. The number of nitrogens with zero attached hydrogens (tertiary/aromatic N) is 4. The van der Waals surface area contributed by atoms with Crippen molar-refractivity contribution in [2.75, 3.05) is 13.2 Å². The van der Waals surface area contributed by atoms with E-state index >= 15 is 0 Å². The van der Waals surface area contributed by atoms with Gasteiger partial charge in [-0.2, -0.15) is 5.10 Å². The van der Waals surface area contributed by atoms with Crippen molar-refractivity contribution in [3.05, 3.63) is 35.0 Å². The summed E-state index contributed by atoms with van der Waals surface area (Å²) in [5, 5.41) is 14.1. The Morgan fingerprint density at radius 2 is 2.25 bits per heavy atom. The zero-order chi connectivity index (χ0) is 19.7. The number of benzene rings is 1. The van der Waals surface area contributed by atoms with Gasteiger partial charge in [-0.1, -0.05) is 0 Å². The molecule has 0 aliphatic carbocycles. The molecule has 146 valence electrons. The summed E-state index contributed by atoms with van der Waals surface area (Å²) in [6, 6.07) is 5.67. The molecule has 0 amide bonds. The lowest BCUT2D eigenvalue weighted by Gasteiger charge is -2.09. The fourth-order valence-corrected chi connectivity index (χ4v) is 4.31. The van der Waals surface area contributed by atoms with Crippen molar-refractivity contribution in [1.29, 1.82) is 0 Å². The summed E-state index contributed by atoms with van der Waals surface area (Å²) in [5.41, 5.74) is 2.30. The molecule has 0 atom stereocenters. The molecule has 0 saturated carbocycles. The van der Waals surface area contributed by atoms with E-state index in [9.17, 15) is 4.79 Å². The molecule has 0 bridgehead atoms. The fraction of sp³-hybridized carbons (Fsp3) is 0.400. The first kappa shape index (κ1) is 18.8. The van der Waals surface area contributed by atoms with Gasteiger partial charge in [-0.3, -0.25) is 4.79 Å². The van der Waals surface area contributed by atoms with E-state index in [1.807, 2.05) is 16.8 Å². The van der Waals surface area contributed by atoms with Gasteiger partial charge in [-0.15, -0.1) is 11.3 Å². The summed E-state index contributed by atoms with van der Waals surface area (Å²) in [7, 11) is 0. The SMILES string of the molecule is CC(C)n1ncnc1-c1nc2c(s1)CCOc1ccc(C(=O)CCCO)cc1-2. The van der Waals surface area contributed by atoms with Crippen molar-refractivity contribution < 1.29 is 14.6 Å². The maximum absolute atomic E-state index is 12.4. The number of aromatic nitrogens is 4. The number of hydrogen-bond donors (Lipinski definition) is 1. The first-order valence-corrected chi connectivity index (χ1v) is 10.2. The molecule has 3 heterocycles. The number of carbonyl (C=O) groups excluding carboxylic acids is 1. The van der Waals surface area contributed by atoms with E-state index in [4.69, 9.17) is 14.8 Å². The molecule has 0 unspecified atom stereocenters. The second kappa shape index (κ2) is 7.81. The first-order chi connectivity index (χ1) is 13.6. The van der Waals surface area contributed by atoms with E-state index in [2.05, 4.69) is 23.9 Å². The van der Waals surface area contributed by atoms with Gasteiger partial charge in [-0.25, -0.2) is 14.6 Å². The maximum atomic E-state index is 12.4. The Balaban J connectivity index is 1.77. The number of ketones is 1. The highest BCUT2D eigenvalue weighted by Crippen LogP contribution is 2.40. The third-order valence-electron chi connectivity index (χ3n) is 4.66. The van der Waals surface area contributed by atoms with Crippen LogP contribution >= 0.6 is 11.3 Å². The average Bonchev–Trinajstić information content (AvgIpc) is 3.30. The molecule has 0 spiro atoms. The van der Waals surface area contributed by atoms with Crippen LogP contribution in [0.4, 0.5) is 0 Å². The zero-order valence-corrected chi connectivity index (χ0v) is 16.7. The van der Waals surface area contributed by atoms with Gasteiger partial charge in [0.2, 0.25) is 0 Å². The van der Waals surface area contributed by atoms with Gasteiger partial charge < -0.3 is 9.84 Å². The van der Waals surface area contributed by atoms with Crippen LogP contribution in [0.2, 0.25) is 0 Å². The lowest BCUT2D eigenvalue weighted by atomic mass is 10.0. The second-order valence-electron chi connectivity index (χ2n) is 6.97. The van der Waals surface area contributed by atoms with Gasteiger partial charge in [0.05, 0.1) is 12.3 Å². The highest BCUT2D eigenvalue weighted by atomic mass is 32.1. The summed E-state index contributed by atoms with van der Waals surface area (Å²) in [6.07, 6.45) is 3.09. The van der Waals surface area contributed by atoms with E-state index in [1.165, 1.54) is 0 Å². The van der Waals surface area contributed by atoms with Crippen molar-refractivity contribution in [3.8, 4) is 27.8 Å². The minimum atomic E-state index is 0.00984. The predicted molar refractivity (Wildman–Crippen MR) is 107 cm³/mol. The third kappa shape index (κ3) is 3.45. The van der Waals surface area contributed by atoms with E-state index in [0.717, 1.165) is 39.1 Å². The Kier molecular flexibility index (Phi) is 5.23. The van der Waals surface area contributed by atoms with Crippen molar-refractivity contribution >= 4 is 17.1 Å². The molecule has 3 aromatic rings. The number of thiazole rings is 1. The lowest BCUT2D eigenvalue weighted by molar-refractivity contribution is 0.0971. The van der Waals surface area contributed by atoms with Crippen LogP contribution in [0.1, 0.15) is 48.0 Å². The first-order valence-electron chi connectivity index (χ1n) is 9.39. The van der Waals surface area contributed by atoms with Crippen LogP contribution < -0.4 is 4.74 Å². The van der Waals surface area contributed by atoms with Gasteiger partial charge >= 0.3 is 0 Å². The van der Waals surface area contributed by atoms with Crippen LogP contribution in [-0.4, -0.2) is 43.9 Å². The number of carbonyl (C=O) groups is 1. The van der Waals surface area contributed by atoms with Crippen LogP contribution in [0, 0.1) is 0 Å². The number of rotatable bonds is 6. The number of fused-ring (bicyclic) bond motifs is 3. The van der Waals surface area contributed by atoms with Crippen LogP contribution in [0.3, 0.4) is 0 Å². The molecule has 1 N–H and O–H groups in total. The van der Waals surface area contributed by atoms with Gasteiger partial charge in [0, 0.05) is 41.5 Å². The van der Waals surface area contributed by atoms with Gasteiger partial charge in [0.1, 0.15) is 12.1 Å². The lowest BCUT2D eigenvalue weighted by Crippen LogP contribution is -2.05. The molecule has 0 fully saturated rings. The topological polar surface area (TPSA) is 90.1 Å². The van der Waals surface area contributed by atoms with Crippen molar-refractivity contribution in [2.24, 2.45) is 0 Å². The minimum absolute atomic E-state index is 0.00984. The Labute approximate surface area is 167 Å². The molecule has 7 nitrogen and oxygen atoms in total.